The maximum absolute atomic E-state index is 13.3. The number of hydrogen-bond donors (Lipinski definition) is 1. The Morgan fingerprint density at radius 3 is 2.52 bits per heavy atom. The number of allylic oxidation sites excluding steroid dienone is 2. The Morgan fingerprint density at radius 1 is 1.06 bits per heavy atom. The zero-order valence-corrected chi connectivity index (χ0v) is 18.0. The first-order valence-corrected chi connectivity index (χ1v) is 10.6. The van der Waals surface area contributed by atoms with E-state index < -0.39 is 0 Å². The fraction of sp³-hybridized carbons (Fsp3) is 0.269. The van der Waals surface area contributed by atoms with Gasteiger partial charge in [-0.2, -0.15) is 0 Å². The number of para-hydroxylation sites is 1. The van der Waals surface area contributed by atoms with Gasteiger partial charge in [0, 0.05) is 24.3 Å². The first kappa shape index (κ1) is 19.5. The molecule has 31 heavy (non-hydrogen) atoms. The molecular weight excluding hydrogens is 386 g/mol. The summed E-state index contributed by atoms with van der Waals surface area (Å²) in [4.78, 5) is 17.9. The van der Waals surface area contributed by atoms with Crippen LogP contribution >= 0.6 is 0 Å². The quantitative estimate of drug-likeness (QED) is 0.657. The van der Waals surface area contributed by atoms with Crippen LogP contribution < -0.4 is 10.2 Å². The summed E-state index contributed by atoms with van der Waals surface area (Å²) in [5.74, 6) is 0.854. The van der Waals surface area contributed by atoms with Gasteiger partial charge in [-0.1, -0.05) is 62.4 Å². The van der Waals surface area contributed by atoms with Crippen molar-refractivity contribution in [2.24, 2.45) is 5.41 Å². The van der Waals surface area contributed by atoms with Crippen molar-refractivity contribution in [3.8, 4) is 11.6 Å². The molecule has 5 nitrogen and oxygen atoms in total. The number of aromatic nitrogens is 2. The molecule has 0 saturated heterocycles. The van der Waals surface area contributed by atoms with Gasteiger partial charge in [0.1, 0.15) is 17.6 Å². The molecular formula is C26H25N3O2. The molecule has 1 aromatic heterocycles. The molecule has 2 aromatic carbocycles. The zero-order valence-electron chi connectivity index (χ0n) is 18.0. The predicted octanol–water partition coefficient (Wildman–Crippen LogP) is 4.83. The fourth-order valence-electron chi connectivity index (χ4n) is 4.76. The summed E-state index contributed by atoms with van der Waals surface area (Å²) in [6.45, 7) is 6.19. The summed E-state index contributed by atoms with van der Waals surface area (Å²) in [6.07, 6.45) is 2.80. The van der Waals surface area contributed by atoms with Gasteiger partial charge in [0.05, 0.1) is 11.3 Å². The molecule has 1 aliphatic carbocycles. The highest BCUT2D eigenvalue weighted by Gasteiger charge is 2.43. The van der Waals surface area contributed by atoms with Crippen LogP contribution in [-0.2, 0) is 4.79 Å². The van der Waals surface area contributed by atoms with E-state index in [0.717, 1.165) is 16.8 Å². The van der Waals surface area contributed by atoms with Crippen molar-refractivity contribution in [1.29, 1.82) is 5.41 Å². The maximum Gasteiger partial charge on any atom is 0.228 e. The Morgan fingerprint density at radius 2 is 1.77 bits per heavy atom. The third-order valence-corrected chi connectivity index (χ3v) is 6.20. The lowest BCUT2D eigenvalue weighted by Crippen LogP contribution is -2.37. The van der Waals surface area contributed by atoms with Crippen LogP contribution in [0, 0.1) is 17.7 Å². The molecule has 1 unspecified atom stereocenters. The van der Waals surface area contributed by atoms with Crippen LogP contribution in [0.5, 0.6) is 5.88 Å². The number of benzene rings is 2. The topological polar surface area (TPSA) is 68.0 Å². The molecule has 3 aromatic rings. The Bertz CT molecular complexity index is 1290. The monoisotopic (exact) mass is 411 g/mol. The largest absolute Gasteiger partial charge is 0.442 e. The van der Waals surface area contributed by atoms with Crippen molar-refractivity contribution in [2.75, 3.05) is 0 Å². The van der Waals surface area contributed by atoms with Gasteiger partial charge in [-0.15, -0.1) is 0 Å². The summed E-state index contributed by atoms with van der Waals surface area (Å²) in [5.41, 5.74) is 4.37. The van der Waals surface area contributed by atoms with E-state index in [2.05, 4.69) is 18.8 Å². The molecule has 1 N–H and O–H groups in total. The van der Waals surface area contributed by atoms with E-state index in [1.54, 1.807) is 10.9 Å². The standard InChI is InChI=1S/C26H25N3O2/c1-16-9-7-8-12-18(16)29-15-28-25-23(24(29)27)21(17-10-5-4-6-11-17)22-19(30)13-26(2,3)14-20(22)31-25/h4-12,15,21,27H,13-14H2,1-3H3. The normalized spacial score (nSPS) is 19.5. The predicted molar refractivity (Wildman–Crippen MR) is 118 cm³/mol. The molecule has 156 valence electrons. The van der Waals surface area contributed by atoms with Gasteiger partial charge in [-0.25, -0.2) is 4.98 Å². The van der Waals surface area contributed by atoms with E-state index in [0.29, 0.717) is 35.6 Å². The molecule has 0 spiro atoms. The average Bonchev–Trinajstić information content (AvgIpc) is 2.73. The van der Waals surface area contributed by atoms with Crippen LogP contribution in [-0.4, -0.2) is 15.3 Å². The number of ketones is 1. The number of rotatable bonds is 2. The minimum absolute atomic E-state index is 0.0939. The lowest BCUT2D eigenvalue weighted by molar-refractivity contribution is -0.118. The van der Waals surface area contributed by atoms with Gasteiger partial charge >= 0.3 is 0 Å². The second-order valence-electron chi connectivity index (χ2n) is 9.19. The highest BCUT2D eigenvalue weighted by atomic mass is 16.5. The van der Waals surface area contributed by atoms with Gasteiger partial charge in [0.2, 0.25) is 5.88 Å². The molecule has 1 aliphatic heterocycles. The van der Waals surface area contributed by atoms with Gasteiger partial charge in [0.15, 0.2) is 5.78 Å². The molecule has 0 radical (unpaired) electrons. The molecule has 0 bridgehead atoms. The smallest absolute Gasteiger partial charge is 0.228 e. The zero-order chi connectivity index (χ0) is 21.8. The lowest BCUT2D eigenvalue weighted by atomic mass is 9.70. The number of nitrogens with one attached hydrogen (secondary N) is 1. The van der Waals surface area contributed by atoms with Gasteiger partial charge in [-0.05, 0) is 29.5 Å². The SMILES string of the molecule is Cc1ccccc1-n1cnc2c(c1=N)C(c1ccccc1)C1=C(CC(C)(C)CC1=O)O2. The van der Waals surface area contributed by atoms with Crippen molar-refractivity contribution in [3.05, 3.63) is 94.4 Å². The van der Waals surface area contributed by atoms with E-state index in [4.69, 9.17) is 10.1 Å². The third kappa shape index (κ3) is 3.21. The molecule has 0 fully saturated rings. The van der Waals surface area contributed by atoms with E-state index in [-0.39, 0.29) is 22.6 Å². The Kier molecular flexibility index (Phi) is 4.43. The number of Topliss-reactive ketones (excluding diaryl/α,β-unsaturated/α-hetero) is 1. The van der Waals surface area contributed by atoms with Crippen LogP contribution in [0.25, 0.3) is 5.69 Å². The van der Waals surface area contributed by atoms with Crippen LogP contribution in [0.3, 0.4) is 0 Å². The summed E-state index contributed by atoms with van der Waals surface area (Å²) >= 11 is 0. The van der Waals surface area contributed by atoms with Crippen LogP contribution in [0.4, 0.5) is 0 Å². The van der Waals surface area contributed by atoms with Crippen LogP contribution in [0.15, 0.2) is 72.3 Å². The molecule has 5 heteroatoms. The molecule has 2 aliphatic rings. The molecule has 0 amide bonds. The lowest BCUT2D eigenvalue weighted by Gasteiger charge is -2.37. The summed E-state index contributed by atoms with van der Waals surface area (Å²) < 4.78 is 7.98. The fourth-order valence-corrected chi connectivity index (χ4v) is 4.76. The van der Waals surface area contributed by atoms with Crippen molar-refractivity contribution in [3.63, 3.8) is 0 Å². The van der Waals surface area contributed by atoms with E-state index >= 15 is 0 Å². The van der Waals surface area contributed by atoms with Crippen molar-refractivity contribution in [2.45, 2.75) is 39.5 Å². The second-order valence-corrected chi connectivity index (χ2v) is 9.19. The molecule has 2 heterocycles. The van der Waals surface area contributed by atoms with Crippen molar-refractivity contribution >= 4 is 5.78 Å². The number of ether oxygens (including phenoxy) is 1. The first-order valence-electron chi connectivity index (χ1n) is 10.6. The minimum Gasteiger partial charge on any atom is -0.442 e. The van der Waals surface area contributed by atoms with Crippen LogP contribution in [0.1, 0.15) is 49.3 Å². The maximum atomic E-state index is 13.3. The Labute approximate surface area is 181 Å². The van der Waals surface area contributed by atoms with E-state index in [1.807, 2.05) is 61.5 Å². The molecule has 1 atom stereocenters. The number of carbonyl (C=O) groups is 1. The Balaban J connectivity index is 1.78. The molecule has 5 rings (SSSR count). The summed E-state index contributed by atoms with van der Waals surface area (Å²) in [7, 11) is 0. The highest BCUT2D eigenvalue weighted by molar-refractivity contribution is 6.00. The van der Waals surface area contributed by atoms with Gasteiger partial charge < -0.3 is 4.74 Å². The number of fused-ring (bicyclic) bond motifs is 1. The number of carbonyl (C=O) groups excluding carboxylic acids is 1. The minimum atomic E-state index is -0.361. The van der Waals surface area contributed by atoms with Crippen LogP contribution in [0.2, 0.25) is 0 Å². The molecule has 0 saturated carbocycles. The van der Waals surface area contributed by atoms with Crippen molar-refractivity contribution < 1.29 is 9.53 Å². The number of nitrogens with zero attached hydrogens (tertiary/aromatic N) is 2. The summed E-state index contributed by atoms with van der Waals surface area (Å²) in [5, 5.41) is 9.10. The first-order chi connectivity index (χ1) is 14.9. The number of hydrogen-bond acceptors (Lipinski definition) is 4. The third-order valence-electron chi connectivity index (χ3n) is 6.20. The number of aryl methyl sites for hydroxylation is 1. The highest BCUT2D eigenvalue weighted by Crippen LogP contribution is 2.48. The Hall–Kier alpha value is -3.47. The van der Waals surface area contributed by atoms with E-state index in [9.17, 15) is 4.79 Å². The van der Waals surface area contributed by atoms with Gasteiger partial charge in [0.25, 0.3) is 0 Å². The van der Waals surface area contributed by atoms with E-state index in [1.165, 1.54) is 0 Å². The van der Waals surface area contributed by atoms with Gasteiger partial charge in [-0.3, -0.25) is 14.8 Å². The summed E-state index contributed by atoms with van der Waals surface area (Å²) in [6, 6.07) is 17.8. The van der Waals surface area contributed by atoms with Crippen molar-refractivity contribution in [1.82, 2.24) is 9.55 Å². The second kappa shape index (κ2) is 7.05. The average molecular weight is 412 g/mol.